The number of hydrogen-bond donors (Lipinski definition) is 2. The summed E-state index contributed by atoms with van der Waals surface area (Å²) in [7, 11) is 0. The molecule has 2 N–H and O–H groups in total. The molecule has 0 radical (unpaired) electrons. The van der Waals surface area contributed by atoms with Gasteiger partial charge in [0.1, 0.15) is 5.60 Å². The summed E-state index contributed by atoms with van der Waals surface area (Å²) in [6.45, 7) is 13.3. The van der Waals surface area contributed by atoms with Crippen LogP contribution in [-0.2, 0) is 4.74 Å². The number of epoxide rings is 1. The number of aliphatic hydroxyl groups is 2. The fourth-order valence-electron chi connectivity index (χ4n) is 6.42. The van der Waals surface area contributed by atoms with E-state index in [1.54, 1.807) is 6.92 Å². The van der Waals surface area contributed by atoms with Gasteiger partial charge in [0.15, 0.2) is 0 Å². The van der Waals surface area contributed by atoms with Crippen molar-refractivity contribution in [2.24, 2.45) is 29.1 Å². The quantitative estimate of drug-likeness (QED) is 0.532. The van der Waals surface area contributed by atoms with Gasteiger partial charge in [-0.3, -0.25) is 0 Å². The molecule has 0 aromatic carbocycles. The highest BCUT2D eigenvalue weighted by Gasteiger charge is 2.75. The van der Waals surface area contributed by atoms with Crippen molar-refractivity contribution < 1.29 is 14.9 Å². The van der Waals surface area contributed by atoms with E-state index >= 15 is 0 Å². The normalized spacial score (nSPS) is 61.9. The van der Waals surface area contributed by atoms with Crippen molar-refractivity contribution in [3.05, 3.63) is 12.2 Å². The van der Waals surface area contributed by atoms with Crippen LogP contribution in [0.5, 0.6) is 0 Å². The minimum atomic E-state index is -1.01. The highest BCUT2D eigenvalue weighted by molar-refractivity contribution is 5.27. The molecule has 1 spiro atoms. The topological polar surface area (TPSA) is 53.0 Å². The fraction of sp³-hybridized carbons (Fsp3) is 0.900. The minimum absolute atomic E-state index is 0.00845. The smallest absolute Gasteiger partial charge is 0.104 e. The van der Waals surface area contributed by atoms with Gasteiger partial charge in [0.05, 0.1) is 17.8 Å². The molecule has 3 saturated carbocycles. The van der Waals surface area contributed by atoms with Crippen LogP contribution in [0.1, 0.15) is 59.8 Å². The molecule has 4 fully saturated rings. The van der Waals surface area contributed by atoms with E-state index in [0.29, 0.717) is 18.3 Å². The molecule has 3 aliphatic carbocycles. The maximum atomic E-state index is 11.1. The molecule has 3 heteroatoms. The lowest BCUT2D eigenvalue weighted by Gasteiger charge is -2.56. The van der Waals surface area contributed by atoms with E-state index in [4.69, 9.17) is 4.74 Å². The van der Waals surface area contributed by atoms with Crippen LogP contribution in [0.2, 0.25) is 0 Å². The number of hydrogen-bond acceptors (Lipinski definition) is 3. The van der Waals surface area contributed by atoms with Crippen molar-refractivity contribution in [2.45, 2.75) is 83.2 Å². The van der Waals surface area contributed by atoms with Crippen LogP contribution < -0.4 is 0 Å². The van der Waals surface area contributed by atoms with Crippen molar-refractivity contribution in [3.63, 3.8) is 0 Å². The van der Waals surface area contributed by atoms with Crippen LogP contribution in [0, 0.1) is 29.1 Å². The third-order valence-electron chi connectivity index (χ3n) is 8.55. The van der Waals surface area contributed by atoms with Gasteiger partial charge in [-0.2, -0.15) is 0 Å². The van der Waals surface area contributed by atoms with Crippen molar-refractivity contribution in [3.8, 4) is 0 Å². The summed E-state index contributed by atoms with van der Waals surface area (Å²) >= 11 is 0. The summed E-state index contributed by atoms with van der Waals surface area (Å²) in [5, 5.41) is 21.8. The predicted molar refractivity (Wildman–Crippen MR) is 89.9 cm³/mol. The van der Waals surface area contributed by atoms with Crippen LogP contribution in [0.4, 0.5) is 0 Å². The van der Waals surface area contributed by atoms with Gasteiger partial charge in [-0.25, -0.2) is 0 Å². The third-order valence-corrected chi connectivity index (χ3v) is 8.55. The first-order valence-electron chi connectivity index (χ1n) is 9.40. The van der Waals surface area contributed by atoms with E-state index in [1.165, 1.54) is 12.0 Å². The summed E-state index contributed by atoms with van der Waals surface area (Å²) in [6.07, 6.45) is 4.40. The second-order valence-electron chi connectivity index (χ2n) is 9.46. The van der Waals surface area contributed by atoms with Crippen molar-refractivity contribution in [2.75, 3.05) is 0 Å². The van der Waals surface area contributed by atoms with Gasteiger partial charge >= 0.3 is 0 Å². The van der Waals surface area contributed by atoms with E-state index in [2.05, 4.69) is 27.4 Å². The summed E-state index contributed by atoms with van der Waals surface area (Å²) < 4.78 is 6.39. The molecule has 1 saturated heterocycles. The summed E-state index contributed by atoms with van der Waals surface area (Å²) in [6, 6.07) is 0. The summed E-state index contributed by atoms with van der Waals surface area (Å²) in [5.41, 5.74) is 0.235. The number of ether oxygens (including phenoxy) is 1. The molecule has 2 bridgehead atoms. The van der Waals surface area contributed by atoms with Crippen LogP contribution in [-0.4, -0.2) is 33.6 Å². The highest BCUT2D eigenvalue weighted by Crippen LogP contribution is 2.69. The molecule has 1 aliphatic heterocycles. The van der Waals surface area contributed by atoms with Crippen molar-refractivity contribution >= 4 is 0 Å². The first-order valence-corrected chi connectivity index (χ1v) is 9.40. The second kappa shape index (κ2) is 4.62. The zero-order valence-corrected chi connectivity index (χ0v) is 15.0. The molecule has 4 rings (SSSR count). The monoisotopic (exact) mass is 320 g/mol. The standard InChI is InChI=1S/C20H32O3/c1-11-6-8-18(4)12(2)10-15-20(23-15,13(18)3)16-14(11)7-9-19(5,22)17(16)21/h12-17,21-22H,1,6-10H2,2-5H3/t12-,13+,14-,15+,16-,17+,18+,19+,20-/m1/s1. The average molecular weight is 320 g/mol. The third kappa shape index (κ3) is 1.88. The minimum Gasteiger partial charge on any atom is -0.390 e. The van der Waals surface area contributed by atoms with E-state index in [1.807, 2.05) is 0 Å². The first-order chi connectivity index (χ1) is 10.6. The van der Waals surface area contributed by atoms with Crippen LogP contribution in [0.25, 0.3) is 0 Å². The molecule has 0 aromatic heterocycles. The summed E-state index contributed by atoms with van der Waals surface area (Å²) in [4.78, 5) is 0. The first kappa shape index (κ1) is 16.1. The van der Waals surface area contributed by atoms with Crippen LogP contribution >= 0.6 is 0 Å². The van der Waals surface area contributed by atoms with E-state index in [-0.39, 0.29) is 29.0 Å². The number of aliphatic hydroxyl groups excluding tert-OH is 1. The lowest BCUT2D eigenvalue weighted by molar-refractivity contribution is -0.163. The Labute approximate surface area is 140 Å². The van der Waals surface area contributed by atoms with E-state index in [9.17, 15) is 10.2 Å². The zero-order valence-electron chi connectivity index (χ0n) is 15.0. The van der Waals surface area contributed by atoms with Crippen molar-refractivity contribution in [1.29, 1.82) is 0 Å². The molecule has 9 atom stereocenters. The Balaban J connectivity index is 1.82. The average Bonchev–Trinajstić information content (AvgIpc) is 3.20. The molecule has 0 aromatic rings. The number of fused-ring (bicyclic) bond motifs is 2. The van der Waals surface area contributed by atoms with Gasteiger partial charge in [0.25, 0.3) is 0 Å². The number of allylic oxidation sites excluding steroid dienone is 1. The second-order valence-corrected chi connectivity index (χ2v) is 9.46. The largest absolute Gasteiger partial charge is 0.390 e. The van der Waals surface area contributed by atoms with Crippen LogP contribution in [0.3, 0.4) is 0 Å². The Morgan fingerprint density at radius 1 is 1.22 bits per heavy atom. The fourth-order valence-corrected chi connectivity index (χ4v) is 6.42. The molecule has 0 unspecified atom stereocenters. The molecule has 3 nitrogen and oxygen atoms in total. The summed E-state index contributed by atoms with van der Waals surface area (Å²) in [5.74, 6) is 1.32. The van der Waals surface area contributed by atoms with Crippen molar-refractivity contribution in [1.82, 2.24) is 0 Å². The lowest BCUT2D eigenvalue weighted by atomic mass is 9.48. The molecule has 130 valence electrons. The number of rotatable bonds is 0. The van der Waals surface area contributed by atoms with Gasteiger partial charge in [0, 0.05) is 5.92 Å². The predicted octanol–water partition coefficient (Wildman–Crippen LogP) is 3.29. The Bertz CT molecular complexity index is 541. The molecule has 4 aliphatic rings. The SMILES string of the molecule is C=C1CC[C@@]2(C)[C@H](C)C[C@@H]3O[C@]3([C@@H]3[C@@H]1CC[C@](C)(O)[C@H]3O)[C@H]2C. The maximum Gasteiger partial charge on any atom is 0.104 e. The van der Waals surface area contributed by atoms with Crippen LogP contribution in [0.15, 0.2) is 12.2 Å². The van der Waals surface area contributed by atoms with Gasteiger partial charge in [-0.15, -0.1) is 0 Å². The van der Waals surface area contributed by atoms with Gasteiger partial charge in [0.2, 0.25) is 0 Å². The molecule has 1 heterocycles. The van der Waals surface area contributed by atoms with Gasteiger partial charge < -0.3 is 14.9 Å². The molecule has 23 heavy (non-hydrogen) atoms. The Hall–Kier alpha value is -0.380. The lowest BCUT2D eigenvalue weighted by Crippen LogP contribution is -2.62. The highest BCUT2D eigenvalue weighted by atomic mass is 16.6. The van der Waals surface area contributed by atoms with E-state index < -0.39 is 11.7 Å². The van der Waals surface area contributed by atoms with E-state index in [0.717, 1.165) is 19.3 Å². The molecular formula is C20H32O3. The Morgan fingerprint density at radius 3 is 2.61 bits per heavy atom. The molecule has 0 amide bonds. The Morgan fingerprint density at radius 2 is 1.91 bits per heavy atom. The zero-order chi connectivity index (χ0) is 16.8. The van der Waals surface area contributed by atoms with Gasteiger partial charge in [-0.05, 0) is 62.2 Å². The Kier molecular flexibility index (Phi) is 3.23. The van der Waals surface area contributed by atoms with Gasteiger partial charge in [-0.1, -0.05) is 32.9 Å². The maximum absolute atomic E-state index is 11.1. The molecular weight excluding hydrogens is 288 g/mol.